The average Bonchev–Trinajstić information content (AvgIpc) is 3.08. The minimum atomic E-state index is -4.39. The van der Waals surface area contributed by atoms with Crippen LogP contribution in [0.3, 0.4) is 0 Å². The maximum atomic E-state index is 14.5. The number of sulfonamides is 1. The van der Waals surface area contributed by atoms with Gasteiger partial charge in [-0.15, -0.1) is 0 Å². The zero-order chi connectivity index (χ0) is 34.0. The quantitative estimate of drug-likeness (QED) is 0.137. The van der Waals surface area contributed by atoms with Crippen molar-refractivity contribution in [3.63, 3.8) is 0 Å². The summed E-state index contributed by atoms with van der Waals surface area (Å²) in [5.74, 6) is -0.394. The van der Waals surface area contributed by atoms with Crippen LogP contribution in [-0.2, 0) is 32.6 Å². The van der Waals surface area contributed by atoms with Gasteiger partial charge in [0.05, 0.1) is 22.6 Å². The lowest BCUT2D eigenvalue weighted by Crippen LogP contribution is -2.53. The van der Waals surface area contributed by atoms with Gasteiger partial charge in [-0.1, -0.05) is 80.6 Å². The Morgan fingerprint density at radius 3 is 2.15 bits per heavy atom. The van der Waals surface area contributed by atoms with Crippen LogP contribution < -0.4 is 14.4 Å². The molecule has 0 heterocycles. The zero-order valence-corrected chi connectivity index (χ0v) is 27.3. The first-order chi connectivity index (χ1) is 22.5. The summed E-state index contributed by atoms with van der Waals surface area (Å²) in [6.07, 6.45) is 0.155. The summed E-state index contributed by atoms with van der Waals surface area (Å²) in [6, 6.07) is 27.9. The highest BCUT2D eigenvalue weighted by atomic mass is 32.2. The number of anilines is 1. The van der Waals surface area contributed by atoms with Crippen LogP contribution in [0.5, 0.6) is 5.75 Å². The molecule has 4 rings (SSSR count). The maximum Gasteiger partial charge on any atom is 0.271 e. The second-order valence-electron chi connectivity index (χ2n) is 11.3. The van der Waals surface area contributed by atoms with E-state index >= 15 is 0 Å². The molecule has 0 aromatic heterocycles. The van der Waals surface area contributed by atoms with Crippen LogP contribution in [0.25, 0.3) is 0 Å². The molecule has 0 bridgehead atoms. The zero-order valence-electron chi connectivity index (χ0n) is 26.5. The van der Waals surface area contributed by atoms with Gasteiger partial charge in [0.1, 0.15) is 18.3 Å². The van der Waals surface area contributed by atoms with Crippen molar-refractivity contribution < 1.29 is 27.7 Å². The Morgan fingerprint density at radius 2 is 1.51 bits per heavy atom. The van der Waals surface area contributed by atoms with E-state index in [1.54, 1.807) is 42.5 Å². The molecule has 0 aliphatic carbocycles. The van der Waals surface area contributed by atoms with Gasteiger partial charge in [-0.25, -0.2) is 8.42 Å². The molecular weight excluding hydrogens is 620 g/mol. The van der Waals surface area contributed by atoms with Gasteiger partial charge in [-0.2, -0.15) is 0 Å². The third-order valence-corrected chi connectivity index (χ3v) is 9.17. The molecule has 2 amide bonds. The summed E-state index contributed by atoms with van der Waals surface area (Å²) in [5.41, 5.74) is 1.04. The molecule has 1 atom stereocenters. The molecule has 4 aromatic carbocycles. The molecule has 0 aliphatic heterocycles. The first-order valence-corrected chi connectivity index (χ1v) is 16.5. The number of benzene rings is 4. The summed E-state index contributed by atoms with van der Waals surface area (Å²) < 4.78 is 34.4. The van der Waals surface area contributed by atoms with E-state index in [9.17, 15) is 28.1 Å². The summed E-state index contributed by atoms with van der Waals surface area (Å²) >= 11 is 0. The first-order valence-electron chi connectivity index (χ1n) is 15.1. The molecule has 1 N–H and O–H groups in total. The summed E-state index contributed by atoms with van der Waals surface area (Å²) in [4.78, 5) is 40.7. The minimum Gasteiger partial charge on any atom is -0.497 e. The van der Waals surface area contributed by atoms with Gasteiger partial charge in [0.15, 0.2) is 0 Å². The normalized spacial score (nSPS) is 11.8. The molecule has 0 saturated heterocycles. The summed E-state index contributed by atoms with van der Waals surface area (Å²) in [5, 5.41) is 14.6. The Morgan fingerprint density at radius 1 is 0.872 bits per heavy atom. The smallest absolute Gasteiger partial charge is 0.271 e. The van der Waals surface area contributed by atoms with Crippen molar-refractivity contribution in [1.82, 2.24) is 10.2 Å². The van der Waals surface area contributed by atoms with Gasteiger partial charge >= 0.3 is 0 Å². The van der Waals surface area contributed by atoms with Gasteiger partial charge < -0.3 is 15.0 Å². The third kappa shape index (κ3) is 9.17. The van der Waals surface area contributed by atoms with E-state index in [4.69, 9.17) is 4.74 Å². The molecule has 0 aliphatic rings. The summed E-state index contributed by atoms with van der Waals surface area (Å²) in [6.45, 7) is 3.50. The lowest BCUT2D eigenvalue weighted by atomic mass is 10.0. The fourth-order valence-electron chi connectivity index (χ4n) is 4.95. The van der Waals surface area contributed by atoms with Gasteiger partial charge in [0.25, 0.3) is 15.7 Å². The van der Waals surface area contributed by atoms with Crippen molar-refractivity contribution in [3.8, 4) is 5.75 Å². The van der Waals surface area contributed by atoms with Crippen molar-refractivity contribution >= 4 is 33.2 Å². The average molecular weight is 659 g/mol. The van der Waals surface area contributed by atoms with E-state index in [0.717, 1.165) is 15.9 Å². The molecule has 0 radical (unpaired) electrons. The van der Waals surface area contributed by atoms with Gasteiger partial charge in [-0.3, -0.25) is 24.0 Å². The Kier molecular flexibility index (Phi) is 11.7. The molecule has 4 aromatic rings. The van der Waals surface area contributed by atoms with Crippen LogP contribution >= 0.6 is 0 Å². The number of nitro groups is 1. The molecule has 47 heavy (non-hydrogen) atoms. The van der Waals surface area contributed by atoms with Crippen molar-refractivity contribution in [3.05, 3.63) is 130 Å². The fraction of sp³-hybridized carbons (Fsp3) is 0.257. The second kappa shape index (κ2) is 15.9. The highest BCUT2D eigenvalue weighted by Crippen LogP contribution is 2.28. The number of hydrogen-bond acceptors (Lipinski definition) is 7. The number of nitrogens with zero attached hydrogens (tertiary/aromatic N) is 3. The fourth-order valence-corrected chi connectivity index (χ4v) is 6.38. The van der Waals surface area contributed by atoms with E-state index in [0.29, 0.717) is 17.9 Å². The topological polar surface area (TPSA) is 139 Å². The maximum absolute atomic E-state index is 14.5. The van der Waals surface area contributed by atoms with Crippen molar-refractivity contribution in [2.45, 2.75) is 37.8 Å². The van der Waals surface area contributed by atoms with Crippen LogP contribution in [0.1, 0.15) is 25.0 Å². The molecule has 246 valence electrons. The van der Waals surface area contributed by atoms with Crippen molar-refractivity contribution in [2.24, 2.45) is 5.92 Å². The van der Waals surface area contributed by atoms with Crippen molar-refractivity contribution in [2.75, 3.05) is 24.5 Å². The van der Waals surface area contributed by atoms with E-state index in [1.165, 1.54) is 42.3 Å². The van der Waals surface area contributed by atoms with Crippen LogP contribution in [0.15, 0.2) is 114 Å². The number of non-ortho nitro benzene ring substituents is 1. The molecule has 0 saturated carbocycles. The van der Waals surface area contributed by atoms with Crippen LogP contribution in [0.2, 0.25) is 0 Å². The predicted molar refractivity (Wildman–Crippen MR) is 179 cm³/mol. The van der Waals surface area contributed by atoms with Crippen LogP contribution in [0.4, 0.5) is 11.4 Å². The lowest BCUT2D eigenvalue weighted by molar-refractivity contribution is -0.384. The monoisotopic (exact) mass is 658 g/mol. The number of methoxy groups -OCH3 is 1. The third-order valence-electron chi connectivity index (χ3n) is 7.38. The number of carbonyl (C=O) groups excluding carboxylic acids is 2. The van der Waals surface area contributed by atoms with Gasteiger partial charge in [0, 0.05) is 31.6 Å². The van der Waals surface area contributed by atoms with E-state index in [1.807, 2.05) is 44.2 Å². The molecular formula is C35H38N4O7S. The SMILES string of the molecule is COc1cccc(CN(C(=O)CN(c2cccc([N+](=O)[O-])c2)S(=O)(=O)c2ccccc2)[C@@H](Cc2ccccc2)C(=O)NCC(C)C)c1. The summed E-state index contributed by atoms with van der Waals surface area (Å²) in [7, 11) is -2.87. The largest absolute Gasteiger partial charge is 0.497 e. The number of carbonyl (C=O) groups is 2. The predicted octanol–water partition coefficient (Wildman–Crippen LogP) is 5.21. The van der Waals surface area contributed by atoms with Crippen molar-refractivity contribution in [1.29, 1.82) is 0 Å². The molecule has 11 nitrogen and oxygen atoms in total. The van der Waals surface area contributed by atoms with Gasteiger partial charge in [-0.05, 0) is 47.4 Å². The number of ether oxygens (including phenoxy) is 1. The van der Waals surface area contributed by atoms with Gasteiger partial charge in [0.2, 0.25) is 11.8 Å². The highest BCUT2D eigenvalue weighted by molar-refractivity contribution is 7.92. The van der Waals surface area contributed by atoms with E-state index in [2.05, 4.69) is 5.32 Å². The molecule has 0 unspecified atom stereocenters. The number of nitro benzene ring substituents is 1. The number of amides is 2. The Bertz CT molecular complexity index is 1780. The van der Waals surface area contributed by atoms with Crippen LogP contribution in [-0.4, -0.2) is 56.3 Å². The molecule has 0 fully saturated rings. The minimum absolute atomic E-state index is 0.0448. The Labute approximate surface area is 275 Å². The lowest BCUT2D eigenvalue weighted by Gasteiger charge is -2.34. The molecule has 12 heteroatoms. The first kappa shape index (κ1) is 34.6. The standard InChI is InChI=1S/C35H38N4O7S/c1-26(2)23-36-35(41)33(21-27-12-6-4-7-13-27)37(24-28-14-10-17-31(20-28)46-3)34(40)25-38(29-15-11-16-30(22-29)39(42)43)47(44,45)32-18-8-5-9-19-32/h4-20,22,26,33H,21,23-25H2,1-3H3,(H,36,41)/t33-/m0/s1. The Balaban J connectivity index is 1.83. The number of hydrogen-bond donors (Lipinski definition) is 1. The van der Waals surface area contributed by atoms with Crippen LogP contribution in [0, 0.1) is 16.0 Å². The van der Waals surface area contributed by atoms with E-state index < -0.39 is 39.3 Å². The highest BCUT2D eigenvalue weighted by Gasteiger charge is 2.35. The number of rotatable bonds is 15. The second-order valence-corrected chi connectivity index (χ2v) is 13.2. The Hall–Kier alpha value is -5.23. The molecule has 0 spiro atoms. The van der Waals surface area contributed by atoms with E-state index in [-0.39, 0.29) is 35.2 Å². The number of nitrogens with one attached hydrogen (secondary N) is 1.